The summed E-state index contributed by atoms with van der Waals surface area (Å²) in [4.78, 5) is 19.8. The van der Waals surface area contributed by atoms with Crippen LogP contribution in [0.2, 0.25) is 10.0 Å². The zero-order valence-electron chi connectivity index (χ0n) is 15.4. The molecule has 0 aliphatic rings. The highest BCUT2D eigenvalue weighted by molar-refractivity contribution is 8.00. The molecule has 1 heterocycles. The maximum atomic E-state index is 12.8. The Bertz CT molecular complexity index is 947. The van der Waals surface area contributed by atoms with Crippen LogP contribution in [-0.2, 0) is 11.3 Å². The zero-order valence-corrected chi connectivity index (χ0v) is 17.8. The summed E-state index contributed by atoms with van der Waals surface area (Å²) in [7, 11) is 1.73. The van der Waals surface area contributed by atoms with Crippen molar-refractivity contribution < 1.29 is 9.32 Å². The Hall–Kier alpha value is -2.02. The van der Waals surface area contributed by atoms with E-state index in [0.717, 1.165) is 4.90 Å². The van der Waals surface area contributed by atoms with Crippen LogP contribution in [0.15, 0.2) is 57.9 Å². The summed E-state index contributed by atoms with van der Waals surface area (Å²) in [6.07, 6.45) is 0.700. The molecule has 0 N–H and O–H groups in total. The van der Waals surface area contributed by atoms with Gasteiger partial charge in [-0.25, -0.2) is 0 Å². The predicted octanol–water partition coefficient (Wildman–Crippen LogP) is 5.57. The molecule has 0 spiro atoms. The summed E-state index contributed by atoms with van der Waals surface area (Å²) < 4.78 is 5.30. The first-order valence-corrected chi connectivity index (χ1v) is 10.4. The highest BCUT2D eigenvalue weighted by Gasteiger charge is 2.23. The van der Waals surface area contributed by atoms with Gasteiger partial charge in [0.15, 0.2) is 0 Å². The number of nitrogens with zero attached hydrogens (tertiary/aromatic N) is 3. The van der Waals surface area contributed by atoms with Crippen molar-refractivity contribution in [2.75, 3.05) is 7.05 Å². The smallest absolute Gasteiger partial charge is 0.246 e. The summed E-state index contributed by atoms with van der Waals surface area (Å²) in [5, 5.41) is 4.98. The number of thioether (sulfide) groups is 1. The first-order chi connectivity index (χ1) is 13.5. The molecule has 146 valence electrons. The van der Waals surface area contributed by atoms with Crippen LogP contribution in [0.4, 0.5) is 0 Å². The fraction of sp³-hybridized carbons (Fsp3) is 0.250. The standard InChI is InChI=1S/C20H19Cl2N3O2S/c1-3-17(28-14-10-8-13(21)9-11-14)20(26)25(2)12-18-23-19(24-27-18)15-6-4-5-7-16(15)22/h4-11,17H,3,12H2,1-2H3/t17-/m1/s1. The van der Waals surface area contributed by atoms with Crippen molar-refractivity contribution in [1.82, 2.24) is 15.0 Å². The summed E-state index contributed by atoms with van der Waals surface area (Å²) in [6, 6.07) is 14.7. The van der Waals surface area contributed by atoms with Gasteiger partial charge in [0, 0.05) is 22.5 Å². The zero-order chi connectivity index (χ0) is 20.1. The Morgan fingerprint density at radius 1 is 1.18 bits per heavy atom. The van der Waals surface area contributed by atoms with E-state index >= 15 is 0 Å². The van der Waals surface area contributed by atoms with Crippen LogP contribution in [0.3, 0.4) is 0 Å². The lowest BCUT2D eigenvalue weighted by molar-refractivity contribution is -0.130. The molecule has 1 atom stereocenters. The Labute approximate surface area is 178 Å². The van der Waals surface area contributed by atoms with Gasteiger partial charge in [-0.2, -0.15) is 4.98 Å². The van der Waals surface area contributed by atoms with Crippen LogP contribution in [0.25, 0.3) is 11.4 Å². The molecule has 0 aliphatic heterocycles. The van der Waals surface area contributed by atoms with Gasteiger partial charge >= 0.3 is 0 Å². The molecular formula is C20H19Cl2N3O2S. The number of carbonyl (C=O) groups excluding carboxylic acids is 1. The molecule has 3 aromatic rings. The lowest BCUT2D eigenvalue weighted by Gasteiger charge is -2.21. The van der Waals surface area contributed by atoms with Crippen LogP contribution in [0.1, 0.15) is 19.2 Å². The van der Waals surface area contributed by atoms with Crippen LogP contribution in [-0.4, -0.2) is 33.2 Å². The van der Waals surface area contributed by atoms with Crippen molar-refractivity contribution in [3.05, 3.63) is 64.5 Å². The lowest BCUT2D eigenvalue weighted by atomic mass is 10.2. The molecule has 0 aliphatic carbocycles. The number of halogens is 2. The van der Waals surface area contributed by atoms with Crippen LogP contribution >= 0.6 is 35.0 Å². The van der Waals surface area contributed by atoms with Gasteiger partial charge in [-0.3, -0.25) is 4.79 Å². The number of benzene rings is 2. The highest BCUT2D eigenvalue weighted by atomic mass is 35.5. The Balaban J connectivity index is 1.66. The third kappa shape index (κ3) is 5.07. The van der Waals surface area contributed by atoms with Crippen molar-refractivity contribution in [1.29, 1.82) is 0 Å². The third-order valence-corrected chi connectivity index (χ3v) is 6.02. The minimum absolute atomic E-state index is 0.0000523. The van der Waals surface area contributed by atoms with Crippen molar-refractivity contribution in [3.8, 4) is 11.4 Å². The largest absolute Gasteiger partial charge is 0.337 e. The van der Waals surface area contributed by atoms with E-state index in [1.165, 1.54) is 11.8 Å². The second-order valence-electron chi connectivity index (χ2n) is 6.15. The Kier molecular flexibility index (Phi) is 6.99. The van der Waals surface area contributed by atoms with E-state index in [-0.39, 0.29) is 17.7 Å². The molecule has 28 heavy (non-hydrogen) atoms. The molecule has 8 heteroatoms. The van der Waals surface area contributed by atoms with Crippen molar-refractivity contribution >= 4 is 40.9 Å². The first kappa shape index (κ1) is 20.7. The summed E-state index contributed by atoms with van der Waals surface area (Å²) in [5.74, 6) is 0.765. The molecule has 0 radical (unpaired) electrons. The van der Waals surface area contributed by atoms with Gasteiger partial charge in [0.25, 0.3) is 0 Å². The highest BCUT2D eigenvalue weighted by Crippen LogP contribution is 2.28. The number of amides is 1. The minimum atomic E-state index is -0.211. The summed E-state index contributed by atoms with van der Waals surface area (Å²) >= 11 is 13.6. The van der Waals surface area contributed by atoms with E-state index in [1.807, 2.05) is 49.4 Å². The van der Waals surface area contributed by atoms with Gasteiger partial charge < -0.3 is 9.42 Å². The fourth-order valence-electron chi connectivity index (χ4n) is 2.58. The maximum Gasteiger partial charge on any atom is 0.246 e. The van der Waals surface area contributed by atoms with E-state index in [4.69, 9.17) is 27.7 Å². The topological polar surface area (TPSA) is 59.2 Å². The molecule has 3 rings (SSSR count). The minimum Gasteiger partial charge on any atom is -0.337 e. The first-order valence-electron chi connectivity index (χ1n) is 8.72. The van der Waals surface area contributed by atoms with Gasteiger partial charge in [0.05, 0.1) is 16.8 Å². The Morgan fingerprint density at radius 2 is 1.89 bits per heavy atom. The molecule has 1 aromatic heterocycles. The van der Waals surface area contributed by atoms with Crippen molar-refractivity contribution in [2.45, 2.75) is 30.0 Å². The molecule has 0 unspecified atom stereocenters. The SMILES string of the molecule is CC[C@@H](Sc1ccc(Cl)cc1)C(=O)N(C)Cc1nc(-c2ccccc2Cl)no1. The van der Waals surface area contributed by atoms with E-state index in [1.54, 1.807) is 18.0 Å². The fourth-order valence-corrected chi connectivity index (χ4v) is 4.00. The van der Waals surface area contributed by atoms with E-state index in [9.17, 15) is 4.79 Å². The number of carbonyl (C=O) groups is 1. The number of hydrogen-bond donors (Lipinski definition) is 0. The molecule has 2 aromatic carbocycles. The average Bonchev–Trinajstić information content (AvgIpc) is 3.15. The second-order valence-corrected chi connectivity index (χ2v) is 8.27. The van der Waals surface area contributed by atoms with Crippen LogP contribution in [0, 0.1) is 0 Å². The molecule has 0 saturated carbocycles. The number of hydrogen-bond acceptors (Lipinski definition) is 5. The van der Waals surface area contributed by atoms with Gasteiger partial charge in [0.1, 0.15) is 0 Å². The molecule has 0 fully saturated rings. The lowest BCUT2D eigenvalue weighted by Crippen LogP contribution is -2.34. The van der Waals surface area contributed by atoms with Crippen LogP contribution < -0.4 is 0 Å². The molecule has 5 nitrogen and oxygen atoms in total. The van der Waals surface area contributed by atoms with Gasteiger partial charge in [-0.1, -0.05) is 47.4 Å². The van der Waals surface area contributed by atoms with Gasteiger partial charge in [-0.05, 0) is 42.8 Å². The van der Waals surface area contributed by atoms with Crippen molar-refractivity contribution in [2.24, 2.45) is 0 Å². The molecule has 1 amide bonds. The number of aromatic nitrogens is 2. The molecule has 0 bridgehead atoms. The van der Waals surface area contributed by atoms with E-state index in [2.05, 4.69) is 10.1 Å². The predicted molar refractivity (Wildman–Crippen MR) is 113 cm³/mol. The average molecular weight is 436 g/mol. The van der Waals surface area contributed by atoms with Gasteiger partial charge in [-0.15, -0.1) is 11.8 Å². The summed E-state index contributed by atoms with van der Waals surface area (Å²) in [5.41, 5.74) is 0.692. The third-order valence-electron chi connectivity index (χ3n) is 4.07. The van der Waals surface area contributed by atoms with E-state index < -0.39 is 0 Å². The number of rotatable bonds is 7. The quantitative estimate of drug-likeness (QED) is 0.453. The van der Waals surface area contributed by atoms with Crippen LogP contribution in [0.5, 0.6) is 0 Å². The molecular weight excluding hydrogens is 417 g/mol. The Morgan fingerprint density at radius 3 is 2.57 bits per heavy atom. The van der Waals surface area contributed by atoms with Crippen molar-refractivity contribution in [3.63, 3.8) is 0 Å². The maximum absolute atomic E-state index is 12.8. The second kappa shape index (κ2) is 9.45. The summed E-state index contributed by atoms with van der Waals surface area (Å²) in [6.45, 7) is 2.22. The molecule has 0 saturated heterocycles. The van der Waals surface area contributed by atoms with E-state index in [0.29, 0.717) is 33.7 Å². The normalized spacial score (nSPS) is 12.0. The van der Waals surface area contributed by atoms with Gasteiger partial charge in [0.2, 0.25) is 17.6 Å². The monoisotopic (exact) mass is 435 g/mol.